The Hall–Kier alpha value is -1.91. The Morgan fingerprint density at radius 1 is 1.25 bits per heavy atom. The fraction of sp³-hybridized carbons (Fsp3) is 0.533. The van der Waals surface area contributed by atoms with Crippen LogP contribution in [0.3, 0.4) is 0 Å². The minimum atomic E-state index is 0.543. The Labute approximate surface area is 119 Å². The van der Waals surface area contributed by atoms with E-state index in [2.05, 4.69) is 22.5 Å². The van der Waals surface area contributed by atoms with Crippen molar-refractivity contribution >= 4 is 11.6 Å². The number of anilines is 1. The van der Waals surface area contributed by atoms with Gasteiger partial charge in [0, 0.05) is 31.3 Å². The van der Waals surface area contributed by atoms with Gasteiger partial charge in [-0.3, -0.25) is 4.99 Å². The van der Waals surface area contributed by atoms with Crippen molar-refractivity contribution < 1.29 is 9.47 Å². The molecule has 5 nitrogen and oxygen atoms in total. The van der Waals surface area contributed by atoms with E-state index >= 15 is 0 Å². The number of ether oxygens (including phenoxy) is 2. The molecule has 2 N–H and O–H groups in total. The van der Waals surface area contributed by atoms with Crippen molar-refractivity contribution in [3.05, 3.63) is 18.2 Å². The van der Waals surface area contributed by atoms with Crippen LogP contribution < -0.4 is 20.1 Å². The van der Waals surface area contributed by atoms with Gasteiger partial charge in [-0.05, 0) is 24.5 Å². The molecule has 1 aliphatic carbocycles. The normalized spacial score (nSPS) is 24.8. The number of aliphatic imine (C=N–C) groups is 1. The molecule has 1 aliphatic heterocycles. The van der Waals surface area contributed by atoms with Crippen LogP contribution in [0, 0.1) is 5.92 Å². The van der Waals surface area contributed by atoms with Gasteiger partial charge in [-0.1, -0.05) is 6.92 Å². The van der Waals surface area contributed by atoms with Crippen LogP contribution in [-0.4, -0.2) is 32.3 Å². The minimum absolute atomic E-state index is 0.543. The summed E-state index contributed by atoms with van der Waals surface area (Å²) in [5.74, 6) is 3.14. The number of guanidine groups is 1. The summed E-state index contributed by atoms with van der Waals surface area (Å²) in [4.78, 5) is 4.25. The van der Waals surface area contributed by atoms with E-state index in [9.17, 15) is 0 Å². The number of rotatable bonds is 2. The number of benzene rings is 1. The zero-order valence-corrected chi connectivity index (χ0v) is 12.0. The molecule has 2 atom stereocenters. The van der Waals surface area contributed by atoms with Crippen molar-refractivity contribution in [2.75, 3.05) is 25.6 Å². The molecule has 3 rings (SSSR count). The topological polar surface area (TPSA) is 54.9 Å². The molecular formula is C15H21N3O2. The molecule has 0 bridgehead atoms. The van der Waals surface area contributed by atoms with Crippen LogP contribution >= 0.6 is 0 Å². The van der Waals surface area contributed by atoms with Gasteiger partial charge in [-0.15, -0.1) is 0 Å². The third-order valence-corrected chi connectivity index (χ3v) is 3.67. The lowest BCUT2D eigenvalue weighted by molar-refractivity contribution is 0.297. The van der Waals surface area contributed by atoms with Gasteiger partial charge < -0.3 is 20.1 Å². The van der Waals surface area contributed by atoms with Gasteiger partial charge in [0.05, 0.1) is 13.2 Å². The number of nitrogens with one attached hydrogen (secondary N) is 2. The minimum Gasteiger partial charge on any atom is -0.490 e. The predicted octanol–water partition coefficient (Wildman–Crippen LogP) is 2.24. The highest BCUT2D eigenvalue weighted by Crippen LogP contribution is 2.32. The molecule has 0 spiro atoms. The van der Waals surface area contributed by atoms with Gasteiger partial charge in [0.15, 0.2) is 17.5 Å². The number of hydrogen-bond acceptors (Lipinski definition) is 3. The average Bonchev–Trinajstić information content (AvgIpc) is 3.19. The Bertz CT molecular complexity index is 516. The Kier molecular flexibility index (Phi) is 3.67. The molecule has 2 unspecified atom stereocenters. The van der Waals surface area contributed by atoms with Crippen LogP contribution in [0.15, 0.2) is 23.2 Å². The van der Waals surface area contributed by atoms with Gasteiger partial charge in [0.25, 0.3) is 0 Å². The standard InChI is InChI=1S/C15H21N3O2/c1-10-8-12(10)18-15(16-2)17-11-4-5-13-14(9-11)20-7-3-6-19-13/h4-5,9-10,12H,3,6-8H2,1-2H3,(H2,16,17,18). The zero-order chi connectivity index (χ0) is 13.9. The van der Waals surface area contributed by atoms with Crippen LogP contribution in [0.5, 0.6) is 11.5 Å². The molecule has 0 saturated heterocycles. The molecule has 1 saturated carbocycles. The molecule has 2 aliphatic rings. The largest absolute Gasteiger partial charge is 0.490 e. The van der Waals surface area contributed by atoms with Crippen LogP contribution in [0.1, 0.15) is 19.8 Å². The van der Waals surface area contributed by atoms with Crippen LogP contribution in [0.2, 0.25) is 0 Å². The highest BCUT2D eigenvalue weighted by atomic mass is 16.5. The highest BCUT2D eigenvalue weighted by Gasteiger charge is 2.33. The smallest absolute Gasteiger partial charge is 0.195 e. The molecule has 108 valence electrons. The van der Waals surface area contributed by atoms with Gasteiger partial charge in [-0.2, -0.15) is 0 Å². The first-order valence-electron chi connectivity index (χ1n) is 7.16. The zero-order valence-electron chi connectivity index (χ0n) is 12.0. The number of nitrogens with zero attached hydrogens (tertiary/aromatic N) is 1. The molecule has 1 aromatic rings. The first-order valence-corrected chi connectivity index (χ1v) is 7.16. The second-order valence-electron chi connectivity index (χ2n) is 5.37. The quantitative estimate of drug-likeness (QED) is 0.642. The predicted molar refractivity (Wildman–Crippen MR) is 79.7 cm³/mol. The van der Waals surface area contributed by atoms with Crippen molar-refractivity contribution in [2.24, 2.45) is 10.9 Å². The van der Waals surface area contributed by atoms with Crippen molar-refractivity contribution in [3.8, 4) is 11.5 Å². The summed E-state index contributed by atoms with van der Waals surface area (Å²) in [7, 11) is 1.78. The maximum atomic E-state index is 5.69. The van der Waals surface area contributed by atoms with Crippen molar-refractivity contribution in [2.45, 2.75) is 25.8 Å². The van der Waals surface area contributed by atoms with E-state index in [1.54, 1.807) is 7.05 Å². The number of fused-ring (bicyclic) bond motifs is 1. The number of hydrogen-bond donors (Lipinski definition) is 2. The van der Waals surface area contributed by atoms with E-state index in [-0.39, 0.29) is 0 Å². The first-order chi connectivity index (χ1) is 9.76. The first kappa shape index (κ1) is 13.1. The van der Waals surface area contributed by atoms with E-state index in [4.69, 9.17) is 9.47 Å². The summed E-state index contributed by atoms with van der Waals surface area (Å²) in [5, 5.41) is 6.69. The molecule has 1 fully saturated rings. The molecular weight excluding hydrogens is 254 g/mol. The van der Waals surface area contributed by atoms with E-state index in [1.807, 2.05) is 18.2 Å². The van der Waals surface area contributed by atoms with Crippen molar-refractivity contribution in [3.63, 3.8) is 0 Å². The Morgan fingerprint density at radius 2 is 2.00 bits per heavy atom. The van der Waals surface area contributed by atoms with Gasteiger partial charge >= 0.3 is 0 Å². The average molecular weight is 275 g/mol. The molecule has 0 aromatic heterocycles. The van der Waals surface area contributed by atoms with E-state index in [1.165, 1.54) is 6.42 Å². The maximum absolute atomic E-state index is 5.69. The monoisotopic (exact) mass is 275 g/mol. The van der Waals surface area contributed by atoms with E-state index in [0.717, 1.165) is 35.5 Å². The van der Waals surface area contributed by atoms with Gasteiger partial charge in [0.1, 0.15) is 0 Å². The van der Waals surface area contributed by atoms with Gasteiger partial charge in [-0.25, -0.2) is 0 Å². The Morgan fingerprint density at radius 3 is 2.70 bits per heavy atom. The Balaban J connectivity index is 1.68. The van der Waals surface area contributed by atoms with Crippen LogP contribution in [0.25, 0.3) is 0 Å². The molecule has 5 heteroatoms. The van der Waals surface area contributed by atoms with Crippen molar-refractivity contribution in [1.29, 1.82) is 0 Å². The molecule has 0 radical (unpaired) electrons. The third kappa shape index (κ3) is 2.98. The fourth-order valence-corrected chi connectivity index (χ4v) is 2.23. The van der Waals surface area contributed by atoms with Gasteiger partial charge in [0.2, 0.25) is 0 Å². The summed E-state index contributed by atoms with van der Waals surface area (Å²) in [6.07, 6.45) is 2.13. The fourth-order valence-electron chi connectivity index (χ4n) is 2.23. The SMILES string of the molecule is CN=C(Nc1ccc2c(c1)OCCCO2)NC1CC1C. The summed E-state index contributed by atoms with van der Waals surface area (Å²) >= 11 is 0. The second kappa shape index (κ2) is 5.61. The molecule has 1 heterocycles. The summed E-state index contributed by atoms with van der Waals surface area (Å²) in [6.45, 7) is 3.64. The summed E-state index contributed by atoms with van der Waals surface area (Å²) in [5.41, 5.74) is 0.954. The lowest BCUT2D eigenvalue weighted by Gasteiger charge is -2.13. The van der Waals surface area contributed by atoms with Crippen molar-refractivity contribution in [1.82, 2.24) is 5.32 Å². The molecule has 1 aromatic carbocycles. The second-order valence-corrected chi connectivity index (χ2v) is 5.37. The van der Waals surface area contributed by atoms with E-state index < -0.39 is 0 Å². The maximum Gasteiger partial charge on any atom is 0.195 e. The van der Waals surface area contributed by atoms with Crippen LogP contribution in [0.4, 0.5) is 5.69 Å². The van der Waals surface area contributed by atoms with E-state index in [0.29, 0.717) is 19.3 Å². The molecule has 20 heavy (non-hydrogen) atoms. The van der Waals surface area contributed by atoms with Crippen LogP contribution in [-0.2, 0) is 0 Å². The third-order valence-electron chi connectivity index (χ3n) is 3.67. The highest BCUT2D eigenvalue weighted by molar-refractivity contribution is 5.94. The summed E-state index contributed by atoms with van der Waals surface area (Å²) in [6, 6.07) is 6.43. The lowest BCUT2D eigenvalue weighted by Crippen LogP contribution is -2.33. The lowest BCUT2D eigenvalue weighted by atomic mass is 10.3. The molecule has 0 amide bonds. The summed E-state index contributed by atoms with van der Waals surface area (Å²) < 4.78 is 11.3.